The minimum atomic E-state index is -0.646. The maximum Gasteiger partial charge on any atom is 0.330 e. The van der Waals surface area contributed by atoms with Gasteiger partial charge in [-0.15, -0.1) is 0 Å². The van der Waals surface area contributed by atoms with E-state index in [1.54, 1.807) is 0 Å². The van der Waals surface area contributed by atoms with Crippen molar-refractivity contribution in [2.24, 2.45) is 5.92 Å². The highest BCUT2D eigenvalue weighted by molar-refractivity contribution is 5.96. The summed E-state index contributed by atoms with van der Waals surface area (Å²) in [5, 5.41) is 0. The molecule has 0 spiro atoms. The van der Waals surface area contributed by atoms with E-state index in [4.69, 9.17) is 10.5 Å². The lowest BCUT2D eigenvalue weighted by atomic mass is 10.1. The Morgan fingerprint density at radius 2 is 1.79 bits per heavy atom. The lowest BCUT2D eigenvalue weighted by Gasteiger charge is -2.27. The first kappa shape index (κ1) is 27.2. The van der Waals surface area contributed by atoms with E-state index < -0.39 is 11.2 Å². The van der Waals surface area contributed by atoms with E-state index in [2.05, 4.69) is 11.1 Å². The lowest BCUT2D eigenvalue weighted by Crippen LogP contribution is -2.45. The van der Waals surface area contributed by atoms with Gasteiger partial charge in [0.2, 0.25) is 5.91 Å². The van der Waals surface area contributed by atoms with E-state index in [1.165, 1.54) is 9.47 Å². The molecule has 1 aromatic heterocycles. The van der Waals surface area contributed by atoms with Gasteiger partial charge >= 0.3 is 5.69 Å². The molecule has 2 aromatic rings. The summed E-state index contributed by atoms with van der Waals surface area (Å²) < 4.78 is 7.18. The highest BCUT2D eigenvalue weighted by Gasteiger charge is 2.25. The van der Waals surface area contributed by atoms with E-state index in [0.717, 1.165) is 23.3 Å². The Morgan fingerprint density at radius 3 is 2.38 bits per heavy atom. The number of anilines is 2. The third-order valence-corrected chi connectivity index (χ3v) is 5.41. The summed E-state index contributed by atoms with van der Waals surface area (Å²) in [6.45, 7) is 11.7. The number of nitrogens with zero attached hydrogens (tertiary/aromatic N) is 3. The van der Waals surface area contributed by atoms with Gasteiger partial charge < -0.3 is 15.4 Å². The van der Waals surface area contributed by atoms with Gasteiger partial charge in [0, 0.05) is 19.6 Å². The Labute approximate surface area is 201 Å². The fourth-order valence-electron chi connectivity index (χ4n) is 3.79. The van der Waals surface area contributed by atoms with Gasteiger partial charge in [0.15, 0.2) is 5.69 Å². The standard InChI is InChI=1S/C25H39N5O4/c1-7-8-9-29(22-23(26)30(15-17(2)3)25(33)27-24(22)32)21(31)16-28(6)10-11-34-20-13-18(4)12-19(5)14-20/h12-14,17H,7-11,15-16,26H2,1-6H3,(H,27,32,33). The largest absolute Gasteiger partial charge is 0.492 e. The molecule has 0 unspecified atom stereocenters. The van der Waals surface area contributed by atoms with Crippen LogP contribution in [0.5, 0.6) is 5.75 Å². The van der Waals surface area contributed by atoms with E-state index in [0.29, 0.717) is 32.7 Å². The van der Waals surface area contributed by atoms with Gasteiger partial charge in [-0.25, -0.2) is 4.79 Å². The van der Waals surface area contributed by atoms with Crippen molar-refractivity contribution < 1.29 is 9.53 Å². The molecule has 2 rings (SSSR count). The highest BCUT2D eigenvalue weighted by atomic mass is 16.5. The van der Waals surface area contributed by atoms with Crippen molar-refractivity contribution >= 4 is 17.4 Å². The Morgan fingerprint density at radius 1 is 1.15 bits per heavy atom. The Kier molecular flexibility index (Phi) is 9.92. The minimum absolute atomic E-state index is 0.0210. The number of rotatable bonds is 12. The summed E-state index contributed by atoms with van der Waals surface area (Å²) >= 11 is 0. The van der Waals surface area contributed by atoms with Gasteiger partial charge in [0.25, 0.3) is 5.56 Å². The van der Waals surface area contributed by atoms with Crippen LogP contribution in [0.15, 0.2) is 27.8 Å². The van der Waals surface area contributed by atoms with Crippen molar-refractivity contribution in [2.45, 2.75) is 54.0 Å². The SMILES string of the molecule is CCCCN(C(=O)CN(C)CCOc1cc(C)cc(C)c1)c1c(N)n(CC(C)C)c(=O)[nH]c1=O. The van der Waals surface area contributed by atoms with Gasteiger partial charge in [0.1, 0.15) is 18.2 Å². The topological polar surface area (TPSA) is 114 Å². The molecule has 9 heteroatoms. The number of carbonyl (C=O) groups excluding carboxylic acids is 1. The summed E-state index contributed by atoms with van der Waals surface area (Å²) in [5.74, 6) is 0.706. The number of nitrogens with one attached hydrogen (secondary N) is 1. The summed E-state index contributed by atoms with van der Waals surface area (Å²) in [7, 11) is 1.83. The Balaban J connectivity index is 2.16. The highest BCUT2D eigenvalue weighted by Crippen LogP contribution is 2.19. The Hall–Kier alpha value is -3.07. The molecule has 1 heterocycles. The number of nitrogen functional groups attached to an aromatic ring is 1. The zero-order valence-corrected chi connectivity index (χ0v) is 21.3. The first-order valence-electron chi connectivity index (χ1n) is 11.9. The van der Waals surface area contributed by atoms with E-state index in [-0.39, 0.29) is 29.9 Å². The maximum absolute atomic E-state index is 13.3. The van der Waals surface area contributed by atoms with E-state index in [9.17, 15) is 14.4 Å². The Bertz CT molecular complexity index is 1070. The summed E-state index contributed by atoms with van der Waals surface area (Å²) in [6, 6.07) is 6.04. The van der Waals surface area contributed by atoms with Crippen LogP contribution in [-0.4, -0.2) is 53.6 Å². The zero-order chi connectivity index (χ0) is 25.4. The zero-order valence-electron chi connectivity index (χ0n) is 21.3. The monoisotopic (exact) mass is 473 g/mol. The average molecular weight is 474 g/mol. The van der Waals surface area contributed by atoms with Crippen molar-refractivity contribution in [2.75, 3.05) is 43.9 Å². The van der Waals surface area contributed by atoms with Gasteiger partial charge in [-0.05, 0) is 56.5 Å². The van der Waals surface area contributed by atoms with Crippen molar-refractivity contribution in [3.05, 3.63) is 50.2 Å². The number of unbranched alkanes of at least 4 members (excludes halogenated alkanes) is 1. The normalized spacial score (nSPS) is 11.3. The minimum Gasteiger partial charge on any atom is -0.492 e. The molecule has 0 saturated carbocycles. The third-order valence-electron chi connectivity index (χ3n) is 5.41. The smallest absolute Gasteiger partial charge is 0.330 e. The number of aromatic nitrogens is 2. The number of ether oxygens (including phenoxy) is 1. The van der Waals surface area contributed by atoms with Gasteiger partial charge in [0.05, 0.1) is 6.54 Å². The second-order valence-electron chi connectivity index (χ2n) is 9.31. The summed E-state index contributed by atoms with van der Waals surface area (Å²) in [5.41, 5.74) is 7.35. The number of amides is 1. The molecule has 1 aromatic carbocycles. The van der Waals surface area contributed by atoms with Crippen LogP contribution in [0.1, 0.15) is 44.7 Å². The van der Waals surface area contributed by atoms with Crippen LogP contribution in [0.4, 0.5) is 11.5 Å². The number of likely N-dealkylation sites (N-methyl/N-ethyl adjacent to an activating group) is 1. The molecule has 0 aliphatic rings. The number of carbonyl (C=O) groups is 1. The van der Waals surface area contributed by atoms with E-state index in [1.807, 2.05) is 58.7 Å². The van der Waals surface area contributed by atoms with Gasteiger partial charge in [-0.2, -0.15) is 0 Å². The molecule has 0 radical (unpaired) electrons. The van der Waals surface area contributed by atoms with Crippen molar-refractivity contribution in [3.63, 3.8) is 0 Å². The molecule has 0 saturated heterocycles. The first-order chi connectivity index (χ1) is 16.0. The number of hydrogen-bond acceptors (Lipinski definition) is 6. The first-order valence-corrected chi connectivity index (χ1v) is 11.9. The molecule has 9 nitrogen and oxygen atoms in total. The molecule has 0 aliphatic heterocycles. The summed E-state index contributed by atoms with van der Waals surface area (Å²) in [4.78, 5) is 43.8. The second kappa shape index (κ2) is 12.4. The van der Waals surface area contributed by atoms with Gasteiger partial charge in [-0.3, -0.25) is 24.0 Å². The third kappa shape index (κ3) is 7.48. The van der Waals surface area contributed by atoms with Crippen LogP contribution < -0.4 is 26.6 Å². The molecule has 0 atom stereocenters. The molecular formula is C25H39N5O4. The maximum atomic E-state index is 13.3. The van der Waals surface area contributed by atoms with Crippen molar-refractivity contribution in [3.8, 4) is 5.75 Å². The van der Waals surface area contributed by atoms with Crippen molar-refractivity contribution in [1.29, 1.82) is 0 Å². The van der Waals surface area contributed by atoms with Crippen LogP contribution in [0.3, 0.4) is 0 Å². The van der Waals surface area contributed by atoms with Gasteiger partial charge in [-0.1, -0.05) is 33.3 Å². The van der Waals surface area contributed by atoms with Crippen LogP contribution in [0.2, 0.25) is 0 Å². The average Bonchev–Trinajstić information content (AvgIpc) is 2.72. The van der Waals surface area contributed by atoms with Crippen LogP contribution in [0.25, 0.3) is 0 Å². The molecule has 34 heavy (non-hydrogen) atoms. The van der Waals surface area contributed by atoms with E-state index >= 15 is 0 Å². The molecule has 0 fully saturated rings. The molecule has 188 valence electrons. The van der Waals surface area contributed by atoms with Crippen LogP contribution in [0, 0.1) is 19.8 Å². The lowest BCUT2D eigenvalue weighted by molar-refractivity contribution is -0.119. The molecule has 0 bridgehead atoms. The molecule has 0 aliphatic carbocycles. The number of H-pyrrole nitrogens is 1. The number of aromatic amines is 1. The number of benzene rings is 1. The predicted octanol–water partition coefficient (Wildman–Crippen LogP) is 2.54. The quantitative estimate of drug-likeness (QED) is 0.490. The van der Waals surface area contributed by atoms with Crippen LogP contribution in [-0.2, 0) is 11.3 Å². The number of aryl methyl sites for hydroxylation is 2. The number of nitrogens with two attached hydrogens (primary N) is 1. The fourth-order valence-corrected chi connectivity index (χ4v) is 3.79. The predicted molar refractivity (Wildman–Crippen MR) is 137 cm³/mol. The van der Waals surface area contributed by atoms with Crippen LogP contribution >= 0.6 is 0 Å². The fraction of sp³-hybridized carbons (Fsp3) is 0.560. The number of hydrogen-bond donors (Lipinski definition) is 2. The summed E-state index contributed by atoms with van der Waals surface area (Å²) in [6.07, 6.45) is 1.54. The molecule has 3 N–H and O–H groups in total. The second-order valence-corrected chi connectivity index (χ2v) is 9.31. The van der Waals surface area contributed by atoms with Crippen molar-refractivity contribution in [1.82, 2.24) is 14.5 Å². The molecule has 1 amide bonds. The molecular weight excluding hydrogens is 434 g/mol.